The van der Waals surface area contributed by atoms with Crippen molar-refractivity contribution in [2.45, 2.75) is 9.79 Å². The number of sulfonamides is 1. The average molecular weight is 385 g/mol. The summed E-state index contributed by atoms with van der Waals surface area (Å²) in [6, 6.07) is 12.1. The standard InChI is InChI=1S/C16H19NO6S2/c1-22-13-5-3-6-14(11-13)23-10-9-17-25(20,21)16-8-4-7-15(12-16)24(2,18)19/h3-8,11-12,17H,9-10H2,1-2H3. The van der Waals surface area contributed by atoms with Gasteiger partial charge in [0.15, 0.2) is 9.84 Å². The molecule has 1 N–H and O–H groups in total. The van der Waals surface area contributed by atoms with E-state index in [1.807, 2.05) is 0 Å². The SMILES string of the molecule is COc1cccc(OCCNS(=O)(=O)c2cccc(S(C)(=O)=O)c2)c1. The molecule has 0 heterocycles. The van der Waals surface area contributed by atoms with Gasteiger partial charge in [-0.25, -0.2) is 21.6 Å². The van der Waals surface area contributed by atoms with Crippen LogP contribution in [0.2, 0.25) is 0 Å². The summed E-state index contributed by atoms with van der Waals surface area (Å²) >= 11 is 0. The van der Waals surface area contributed by atoms with Crippen LogP contribution >= 0.6 is 0 Å². The molecule has 136 valence electrons. The Morgan fingerprint density at radius 1 is 0.920 bits per heavy atom. The van der Waals surface area contributed by atoms with Crippen LogP contribution in [-0.2, 0) is 19.9 Å². The van der Waals surface area contributed by atoms with Gasteiger partial charge in [-0.05, 0) is 30.3 Å². The molecule has 2 rings (SSSR count). The largest absolute Gasteiger partial charge is 0.497 e. The molecule has 0 saturated heterocycles. The van der Waals surface area contributed by atoms with Crippen molar-refractivity contribution in [1.82, 2.24) is 4.72 Å². The van der Waals surface area contributed by atoms with E-state index < -0.39 is 19.9 Å². The van der Waals surface area contributed by atoms with Crippen LogP contribution < -0.4 is 14.2 Å². The third kappa shape index (κ3) is 5.45. The van der Waals surface area contributed by atoms with Crippen LogP contribution in [0.5, 0.6) is 11.5 Å². The van der Waals surface area contributed by atoms with Gasteiger partial charge in [-0.15, -0.1) is 0 Å². The number of hydrogen-bond donors (Lipinski definition) is 1. The second-order valence-electron chi connectivity index (χ2n) is 5.17. The van der Waals surface area contributed by atoms with Crippen LogP contribution in [0.25, 0.3) is 0 Å². The Balaban J connectivity index is 1.98. The van der Waals surface area contributed by atoms with Crippen LogP contribution in [0.15, 0.2) is 58.3 Å². The zero-order chi connectivity index (χ0) is 18.5. The third-order valence-corrected chi connectivity index (χ3v) is 5.82. The highest BCUT2D eigenvalue weighted by molar-refractivity contribution is 7.91. The van der Waals surface area contributed by atoms with E-state index in [2.05, 4.69) is 4.72 Å². The van der Waals surface area contributed by atoms with Crippen molar-refractivity contribution in [2.24, 2.45) is 0 Å². The Bertz CT molecular complexity index is 939. The first-order chi connectivity index (χ1) is 11.7. The molecule has 0 amide bonds. The summed E-state index contributed by atoms with van der Waals surface area (Å²) in [5, 5.41) is 0. The fourth-order valence-corrected chi connectivity index (χ4v) is 3.79. The summed E-state index contributed by atoms with van der Waals surface area (Å²) in [7, 11) is -5.77. The predicted octanol–water partition coefficient (Wildman–Crippen LogP) is 1.46. The molecule has 7 nitrogen and oxygen atoms in total. The zero-order valence-electron chi connectivity index (χ0n) is 13.8. The van der Waals surface area contributed by atoms with Crippen LogP contribution in [0.1, 0.15) is 0 Å². The molecule has 0 aromatic heterocycles. The molecule has 0 spiro atoms. The zero-order valence-corrected chi connectivity index (χ0v) is 15.4. The molecular weight excluding hydrogens is 366 g/mol. The Labute approximate surface area is 147 Å². The first-order valence-corrected chi connectivity index (χ1v) is 10.7. The van der Waals surface area contributed by atoms with E-state index in [0.717, 1.165) is 12.3 Å². The van der Waals surface area contributed by atoms with Gasteiger partial charge in [-0.1, -0.05) is 12.1 Å². The van der Waals surface area contributed by atoms with Crippen LogP contribution in [0.3, 0.4) is 0 Å². The van der Waals surface area contributed by atoms with Gasteiger partial charge < -0.3 is 9.47 Å². The molecular formula is C16H19NO6S2. The molecule has 0 radical (unpaired) electrons. The lowest BCUT2D eigenvalue weighted by molar-refractivity contribution is 0.320. The Morgan fingerprint density at radius 2 is 1.56 bits per heavy atom. The fourth-order valence-electron chi connectivity index (χ4n) is 1.99. The number of sulfone groups is 1. The monoisotopic (exact) mass is 385 g/mol. The minimum Gasteiger partial charge on any atom is -0.497 e. The Morgan fingerprint density at radius 3 is 2.24 bits per heavy atom. The highest BCUT2D eigenvalue weighted by Crippen LogP contribution is 2.19. The smallest absolute Gasteiger partial charge is 0.240 e. The van der Waals surface area contributed by atoms with E-state index in [9.17, 15) is 16.8 Å². The molecule has 0 aliphatic rings. The van der Waals surface area contributed by atoms with Crippen molar-refractivity contribution < 1.29 is 26.3 Å². The molecule has 0 fully saturated rings. The van der Waals surface area contributed by atoms with Crippen LogP contribution in [0.4, 0.5) is 0 Å². The van der Waals surface area contributed by atoms with Gasteiger partial charge in [0.2, 0.25) is 10.0 Å². The molecule has 2 aromatic carbocycles. The average Bonchev–Trinajstić information content (AvgIpc) is 2.58. The second-order valence-corrected chi connectivity index (χ2v) is 8.95. The quantitative estimate of drug-likeness (QED) is 0.691. The van der Waals surface area contributed by atoms with E-state index in [1.54, 1.807) is 24.3 Å². The molecule has 0 aliphatic carbocycles. The van der Waals surface area contributed by atoms with Gasteiger partial charge in [0.1, 0.15) is 18.1 Å². The number of hydrogen-bond acceptors (Lipinski definition) is 6. The minimum atomic E-state index is -3.83. The number of benzene rings is 2. The van der Waals surface area contributed by atoms with Crippen molar-refractivity contribution in [2.75, 3.05) is 26.5 Å². The first kappa shape index (κ1) is 19.2. The number of ether oxygens (including phenoxy) is 2. The van der Waals surface area contributed by atoms with Crippen LogP contribution in [0, 0.1) is 0 Å². The lowest BCUT2D eigenvalue weighted by Gasteiger charge is -2.10. The Hall–Kier alpha value is -2.10. The Kier molecular flexibility index (Phi) is 6.04. The van der Waals surface area contributed by atoms with E-state index in [1.165, 1.54) is 25.3 Å². The summed E-state index contributed by atoms with van der Waals surface area (Å²) in [6.45, 7) is 0.140. The molecule has 2 aromatic rings. The molecule has 0 aliphatic heterocycles. The van der Waals surface area contributed by atoms with E-state index >= 15 is 0 Å². The minimum absolute atomic E-state index is 0.0304. The van der Waals surface area contributed by atoms with Crippen molar-refractivity contribution in [3.8, 4) is 11.5 Å². The topological polar surface area (TPSA) is 98.8 Å². The summed E-state index contributed by atoms with van der Waals surface area (Å²) in [4.78, 5) is -0.167. The molecule has 0 bridgehead atoms. The summed E-state index contributed by atoms with van der Waals surface area (Å²) in [6.07, 6.45) is 1.02. The lowest BCUT2D eigenvalue weighted by atomic mass is 10.3. The maximum Gasteiger partial charge on any atom is 0.240 e. The number of nitrogens with one attached hydrogen (secondary N) is 1. The third-order valence-electron chi connectivity index (χ3n) is 3.25. The molecule has 9 heteroatoms. The normalized spacial score (nSPS) is 11.9. The molecule has 0 unspecified atom stereocenters. The molecule has 0 atom stereocenters. The van der Waals surface area contributed by atoms with Gasteiger partial charge >= 0.3 is 0 Å². The molecule has 0 saturated carbocycles. The maximum absolute atomic E-state index is 12.2. The molecule has 25 heavy (non-hydrogen) atoms. The summed E-state index contributed by atoms with van der Waals surface area (Å²) < 4.78 is 60.5. The lowest BCUT2D eigenvalue weighted by Crippen LogP contribution is -2.28. The van der Waals surface area contributed by atoms with E-state index in [4.69, 9.17) is 9.47 Å². The van der Waals surface area contributed by atoms with Gasteiger partial charge in [0, 0.05) is 18.9 Å². The van der Waals surface area contributed by atoms with Gasteiger partial charge in [0.05, 0.1) is 16.9 Å². The summed E-state index contributed by atoms with van der Waals surface area (Å²) in [5.74, 6) is 1.19. The maximum atomic E-state index is 12.2. The van der Waals surface area contributed by atoms with Crippen LogP contribution in [-0.4, -0.2) is 43.4 Å². The van der Waals surface area contributed by atoms with Crippen molar-refractivity contribution in [1.29, 1.82) is 0 Å². The summed E-state index contributed by atoms with van der Waals surface area (Å²) in [5.41, 5.74) is 0. The number of rotatable bonds is 8. The second kappa shape index (κ2) is 7.85. The first-order valence-electron chi connectivity index (χ1n) is 7.29. The highest BCUT2D eigenvalue weighted by atomic mass is 32.2. The van der Waals surface area contributed by atoms with E-state index in [-0.39, 0.29) is 22.9 Å². The highest BCUT2D eigenvalue weighted by Gasteiger charge is 2.16. The van der Waals surface area contributed by atoms with Crippen molar-refractivity contribution >= 4 is 19.9 Å². The van der Waals surface area contributed by atoms with Crippen molar-refractivity contribution in [3.05, 3.63) is 48.5 Å². The van der Waals surface area contributed by atoms with Gasteiger partial charge in [-0.3, -0.25) is 0 Å². The van der Waals surface area contributed by atoms with Gasteiger partial charge in [-0.2, -0.15) is 0 Å². The predicted molar refractivity (Wildman–Crippen MR) is 93.2 cm³/mol. The van der Waals surface area contributed by atoms with E-state index in [0.29, 0.717) is 11.5 Å². The van der Waals surface area contributed by atoms with Crippen molar-refractivity contribution in [3.63, 3.8) is 0 Å². The van der Waals surface area contributed by atoms with Gasteiger partial charge in [0.25, 0.3) is 0 Å². The number of methoxy groups -OCH3 is 1. The fraction of sp³-hybridized carbons (Fsp3) is 0.250.